The summed E-state index contributed by atoms with van der Waals surface area (Å²) in [5.41, 5.74) is 2.90. The predicted molar refractivity (Wildman–Crippen MR) is 103 cm³/mol. The van der Waals surface area contributed by atoms with Crippen molar-refractivity contribution in [3.05, 3.63) is 63.3 Å². The van der Waals surface area contributed by atoms with E-state index >= 15 is 0 Å². The zero-order chi connectivity index (χ0) is 19.4. The van der Waals surface area contributed by atoms with Crippen LogP contribution >= 0.6 is 0 Å². The summed E-state index contributed by atoms with van der Waals surface area (Å²) in [5.74, 6) is 0.563. The first-order valence-corrected chi connectivity index (χ1v) is 9.13. The molecule has 1 amide bonds. The van der Waals surface area contributed by atoms with E-state index in [-0.39, 0.29) is 22.4 Å². The molecule has 2 heterocycles. The van der Waals surface area contributed by atoms with Gasteiger partial charge in [0, 0.05) is 30.3 Å². The van der Waals surface area contributed by atoms with Crippen LogP contribution in [0.2, 0.25) is 0 Å². The number of nitro groups is 1. The van der Waals surface area contributed by atoms with Crippen molar-refractivity contribution in [2.24, 2.45) is 5.92 Å². The molecule has 142 valence electrons. The van der Waals surface area contributed by atoms with E-state index in [1.165, 1.54) is 6.07 Å². The fourth-order valence-electron chi connectivity index (χ4n) is 3.40. The number of piperidine rings is 1. The van der Waals surface area contributed by atoms with Crippen LogP contribution in [0.15, 0.2) is 36.5 Å². The van der Waals surface area contributed by atoms with E-state index in [0.29, 0.717) is 17.9 Å². The van der Waals surface area contributed by atoms with Crippen molar-refractivity contribution in [2.75, 3.05) is 18.4 Å². The molecule has 1 N–H and O–H groups in total. The topological polar surface area (TPSA) is 88.4 Å². The number of aromatic nitrogens is 1. The lowest BCUT2D eigenvalue weighted by molar-refractivity contribution is -0.385. The Morgan fingerprint density at radius 1 is 1.26 bits per heavy atom. The molecule has 27 heavy (non-hydrogen) atoms. The van der Waals surface area contributed by atoms with Gasteiger partial charge in [-0.05, 0) is 57.0 Å². The average Bonchev–Trinajstić information content (AvgIpc) is 2.65. The Morgan fingerprint density at radius 3 is 2.63 bits per heavy atom. The van der Waals surface area contributed by atoms with E-state index in [9.17, 15) is 14.9 Å². The van der Waals surface area contributed by atoms with Crippen molar-refractivity contribution < 1.29 is 9.72 Å². The first-order valence-electron chi connectivity index (χ1n) is 9.13. The summed E-state index contributed by atoms with van der Waals surface area (Å²) in [7, 11) is 0. The number of hydrogen-bond acceptors (Lipinski definition) is 5. The Balaban J connectivity index is 1.54. The number of carbonyl (C=O) groups is 1. The van der Waals surface area contributed by atoms with Gasteiger partial charge in [-0.1, -0.05) is 18.2 Å². The lowest BCUT2D eigenvalue weighted by Crippen LogP contribution is -2.38. The number of nitro benzene ring substituents is 1. The Bertz CT molecular complexity index is 828. The van der Waals surface area contributed by atoms with Gasteiger partial charge in [0.05, 0.1) is 4.92 Å². The van der Waals surface area contributed by atoms with Gasteiger partial charge in [0.25, 0.3) is 5.69 Å². The molecule has 1 aliphatic rings. The molecule has 1 fully saturated rings. The van der Waals surface area contributed by atoms with E-state index < -0.39 is 0 Å². The summed E-state index contributed by atoms with van der Waals surface area (Å²) in [5, 5.41) is 14.0. The van der Waals surface area contributed by atoms with Gasteiger partial charge >= 0.3 is 0 Å². The number of nitrogens with one attached hydrogen (secondary N) is 1. The van der Waals surface area contributed by atoms with E-state index in [0.717, 1.165) is 37.1 Å². The summed E-state index contributed by atoms with van der Waals surface area (Å²) < 4.78 is 0. The molecule has 1 aromatic carbocycles. The van der Waals surface area contributed by atoms with Gasteiger partial charge in [0.2, 0.25) is 5.91 Å². The van der Waals surface area contributed by atoms with Crippen LogP contribution < -0.4 is 5.32 Å². The summed E-state index contributed by atoms with van der Waals surface area (Å²) >= 11 is 0. The molecule has 0 spiro atoms. The van der Waals surface area contributed by atoms with Crippen LogP contribution in [0.25, 0.3) is 0 Å². The second-order valence-electron chi connectivity index (χ2n) is 7.08. The number of aryl methyl sites for hydroxylation is 1. The smallest absolute Gasteiger partial charge is 0.272 e. The zero-order valence-electron chi connectivity index (χ0n) is 15.6. The summed E-state index contributed by atoms with van der Waals surface area (Å²) in [6.07, 6.45) is 3.27. The number of likely N-dealkylation sites (tertiary alicyclic amines) is 1. The van der Waals surface area contributed by atoms with Crippen molar-refractivity contribution in [2.45, 2.75) is 33.2 Å². The van der Waals surface area contributed by atoms with Crippen molar-refractivity contribution in [3.63, 3.8) is 0 Å². The average molecular weight is 368 g/mol. The highest BCUT2D eigenvalue weighted by Gasteiger charge is 2.26. The van der Waals surface area contributed by atoms with Crippen molar-refractivity contribution in [1.29, 1.82) is 0 Å². The molecule has 0 atom stereocenters. The first-order chi connectivity index (χ1) is 12.9. The fraction of sp³-hybridized carbons (Fsp3) is 0.400. The maximum absolute atomic E-state index is 12.4. The van der Waals surface area contributed by atoms with Crippen LogP contribution in [0.3, 0.4) is 0 Å². The van der Waals surface area contributed by atoms with Gasteiger partial charge in [-0.3, -0.25) is 19.8 Å². The third kappa shape index (κ3) is 4.68. The molecule has 0 unspecified atom stereocenters. The quantitative estimate of drug-likeness (QED) is 0.645. The molecule has 1 aliphatic heterocycles. The maximum atomic E-state index is 12.4. The standard InChI is InChI=1S/C20H24N4O3/c1-14-6-7-19(21-12-14)22-20(25)16-8-10-23(11-9-16)13-17-4-3-5-18(15(17)2)24(26)27/h3-7,12,16H,8-11,13H2,1-2H3,(H,21,22,25). The highest BCUT2D eigenvalue weighted by atomic mass is 16.6. The monoisotopic (exact) mass is 368 g/mol. The van der Waals surface area contributed by atoms with E-state index in [1.54, 1.807) is 19.2 Å². The molecule has 0 bridgehead atoms. The number of benzene rings is 1. The van der Waals surface area contributed by atoms with Gasteiger partial charge in [0.15, 0.2) is 0 Å². The van der Waals surface area contributed by atoms with Crippen molar-refractivity contribution >= 4 is 17.4 Å². The third-order valence-electron chi connectivity index (χ3n) is 5.13. The van der Waals surface area contributed by atoms with Crippen LogP contribution in [-0.2, 0) is 11.3 Å². The molecular weight excluding hydrogens is 344 g/mol. The largest absolute Gasteiger partial charge is 0.310 e. The Labute approximate surface area is 158 Å². The normalized spacial score (nSPS) is 15.5. The van der Waals surface area contributed by atoms with Crippen LogP contribution in [0.5, 0.6) is 0 Å². The summed E-state index contributed by atoms with van der Waals surface area (Å²) in [6, 6.07) is 8.94. The van der Waals surface area contributed by atoms with Crippen LogP contribution in [0, 0.1) is 29.9 Å². The number of nitrogens with zero attached hydrogens (tertiary/aromatic N) is 3. The fourth-order valence-corrected chi connectivity index (χ4v) is 3.40. The molecule has 7 nitrogen and oxygen atoms in total. The number of amides is 1. The van der Waals surface area contributed by atoms with Crippen LogP contribution in [-0.4, -0.2) is 33.8 Å². The minimum atomic E-state index is -0.339. The number of anilines is 1. The SMILES string of the molecule is Cc1ccc(NC(=O)C2CCN(Cc3cccc([N+](=O)[O-])c3C)CC2)nc1. The highest BCUT2D eigenvalue weighted by molar-refractivity contribution is 5.91. The number of hydrogen-bond donors (Lipinski definition) is 1. The molecule has 0 aliphatic carbocycles. The van der Waals surface area contributed by atoms with Gasteiger partial charge in [-0.15, -0.1) is 0 Å². The van der Waals surface area contributed by atoms with E-state index in [4.69, 9.17) is 0 Å². The third-order valence-corrected chi connectivity index (χ3v) is 5.13. The molecule has 2 aromatic rings. The van der Waals surface area contributed by atoms with Crippen molar-refractivity contribution in [3.8, 4) is 0 Å². The van der Waals surface area contributed by atoms with Gasteiger partial charge in [-0.25, -0.2) is 4.98 Å². The molecule has 0 radical (unpaired) electrons. The molecule has 7 heteroatoms. The molecule has 3 rings (SSSR count). The molecule has 1 saturated heterocycles. The lowest BCUT2D eigenvalue weighted by Gasteiger charge is -2.31. The van der Waals surface area contributed by atoms with Gasteiger partial charge in [0.1, 0.15) is 5.82 Å². The van der Waals surface area contributed by atoms with Crippen molar-refractivity contribution in [1.82, 2.24) is 9.88 Å². The second-order valence-corrected chi connectivity index (χ2v) is 7.08. The van der Waals surface area contributed by atoms with Crippen LogP contribution in [0.4, 0.5) is 11.5 Å². The zero-order valence-corrected chi connectivity index (χ0v) is 15.6. The first kappa shape index (κ1) is 19.0. The molecule has 0 saturated carbocycles. The van der Waals surface area contributed by atoms with Crippen LogP contribution in [0.1, 0.15) is 29.5 Å². The Kier molecular flexibility index (Phi) is 5.81. The summed E-state index contributed by atoms with van der Waals surface area (Å²) in [4.78, 5) is 29.7. The second kappa shape index (κ2) is 8.26. The Hall–Kier alpha value is -2.80. The number of rotatable bonds is 5. The van der Waals surface area contributed by atoms with E-state index in [2.05, 4.69) is 15.2 Å². The minimum Gasteiger partial charge on any atom is -0.310 e. The number of pyridine rings is 1. The number of carbonyl (C=O) groups excluding carboxylic acids is 1. The summed E-state index contributed by atoms with van der Waals surface area (Å²) in [6.45, 7) is 6.00. The van der Waals surface area contributed by atoms with Gasteiger partial charge in [-0.2, -0.15) is 0 Å². The predicted octanol–water partition coefficient (Wildman–Crippen LogP) is 3.46. The molecular formula is C20H24N4O3. The van der Waals surface area contributed by atoms with E-state index in [1.807, 2.05) is 25.1 Å². The highest BCUT2D eigenvalue weighted by Crippen LogP contribution is 2.25. The maximum Gasteiger partial charge on any atom is 0.272 e. The van der Waals surface area contributed by atoms with Gasteiger partial charge < -0.3 is 5.32 Å². The minimum absolute atomic E-state index is 0.0116. The lowest BCUT2D eigenvalue weighted by atomic mass is 9.95. The molecule has 1 aromatic heterocycles. The Morgan fingerprint density at radius 2 is 2.00 bits per heavy atom.